The molecule has 1 rings (SSSR count). The fraction of sp³-hybridized carbons (Fsp3) is 0.600. The molecule has 1 heterocycles. The van der Waals surface area contributed by atoms with Gasteiger partial charge in [-0.1, -0.05) is 0 Å². The van der Waals surface area contributed by atoms with Crippen molar-refractivity contribution in [1.82, 2.24) is 5.32 Å². The van der Waals surface area contributed by atoms with Crippen LogP contribution in [0.15, 0.2) is 23.0 Å². The van der Waals surface area contributed by atoms with Crippen LogP contribution < -0.4 is 5.32 Å². The topological polar surface area (TPSA) is 34.4 Å². The third-order valence-corrected chi connectivity index (χ3v) is 1.98. The predicted molar refractivity (Wildman–Crippen MR) is 51.9 cm³/mol. The summed E-state index contributed by atoms with van der Waals surface area (Å²) in [4.78, 5) is 0. The Kier molecular flexibility index (Phi) is 5.28. The Morgan fingerprint density at radius 1 is 1.53 bits per heavy atom. The minimum absolute atomic E-state index is 0.138. The summed E-state index contributed by atoms with van der Waals surface area (Å²) in [5.74, 6) is 0. The van der Waals surface area contributed by atoms with E-state index in [2.05, 4.69) is 5.32 Å². The average Bonchev–Trinajstić information content (AvgIpc) is 2.69. The Balaban J connectivity index is 2.05. The van der Waals surface area contributed by atoms with E-state index >= 15 is 0 Å². The number of halogens is 2. The maximum absolute atomic E-state index is 11.7. The maximum atomic E-state index is 11.7. The highest BCUT2D eigenvalue weighted by Crippen LogP contribution is 2.11. The van der Waals surface area contributed by atoms with Crippen LogP contribution in [0.2, 0.25) is 0 Å². The van der Waals surface area contributed by atoms with E-state index in [0.717, 1.165) is 5.56 Å². The molecule has 1 aromatic heterocycles. The third kappa shape index (κ3) is 4.90. The van der Waals surface area contributed by atoms with Crippen LogP contribution in [0.4, 0.5) is 8.78 Å². The van der Waals surface area contributed by atoms with Crippen LogP contribution in [0.5, 0.6) is 0 Å². The molecule has 5 heteroatoms. The summed E-state index contributed by atoms with van der Waals surface area (Å²) in [6.45, 7) is 2.30. The number of ether oxygens (including phenoxy) is 1. The van der Waals surface area contributed by atoms with Crippen molar-refractivity contribution in [1.29, 1.82) is 0 Å². The first-order chi connectivity index (χ1) is 7.20. The second-order valence-electron chi connectivity index (χ2n) is 3.20. The normalized spacial score (nSPS) is 13.3. The van der Waals surface area contributed by atoms with Gasteiger partial charge in [-0.25, -0.2) is 8.78 Å². The number of hydrogen-bond donors (Lipinski definition) is 1. The summed E-state index contributed by atoms with van der Waals surface area (Å²) in [6, 6.07) is 2.00. The van der Waals surface area contributed by atoms with Crippen molar-refractivity contribution < 1.29 is 17.9 Å². The first kappa shape index (κ1) is 12.1. The Labute approximate surface area is 87.4 Å². The molecule has 0 amide bonds. The molecule has 1 N–H and O–H groups in total. The van der Waals surface area contributed by atoms with Crippen molar-refractivity contribution >= 4 is 0 Å². The smallest absolute Gasteiger partial charge is 0.261 e. The van der Waals surface area contributed by atoms with Crippen molar-refractivity contribution in [3.05, 3.63) is 24.2 Å². The molecule has 0 aliphatic rings. The monoisotopic (exact) mass is 219 g/mol. The first-order valence-corrected chi connectivity index (χ1v) is 4.81. The van der Waals surface area contributed by atoms with E-state index in [0.29, 0.717) is 6.54 Å². The molecular weight excluding hydrogens is 204 g/mol. The molecule has 0 fully saturated rings. The van der Waals surface area contributed by atoms with E-state index in [-0.39, 0.29) is 12.6 Å². The van der Waals surface area contributed by atoms with Gasteiger partial charge in [-0.15, -0.1) is 0 Å². The van der Waals surface area contributed by atoms with Crippen LogP contribution >= 0.6 is 0 Å². The van der Waals surface area contributed by atoms with Gasteiger partial charge in [0.15, 0.2) is 0 Å². The lowest BCUT2D eigenvalue weighted by molar-refractivity contribution is 0.0183. The lowest BCUT2D eigenvalue weighted by Gasteiger charge is -2.11. The summed E-state index contributed by atoms with van der Waals surface area (Å²) in [5.41, 5.74) is 1.03. The molecule has 0 radical (unpaired) electrons. The molecule has 3 nitrogen and oxygen atoms in total. The molecule has 0 aromatic carbocycles. The Morgan fingerprint density at radius 3 is 2.93 bits per heavy atom. The van der Waals surface area contributed by atoms with Crippen molar-refractivity contribution in [3.63, 3.8) is 0 Å². The molecule has 0 saturated heterocycles. The van der Waals surface area contributed by atoms with Crippen molar-refractivity contribution in [2.24, 2.45) is 0 Å². The number of nitrogens with one attached hydrogen (secondary N) is 1. The van der Waals surface area contributed by atoms with Gasteiger partial charge in [0.05, 0.1) is 19.1 Å². The van der Waals surface area contributed by atoms with Crippen LogP contribution in [-0.4, -0.2) is 26.2 Å². The second kappa shape index (κ2) is 6.53. The molecule has 0 spiro atoms. The molecule has 15 heavy (non-hydrogen) atoms. The molecule has 0 bridgehead atoms. The molecule has 1 aromatic rings. The van der Waals surface area contributed by atoms with Gasteiger partial charge >= 0.3 is 0 Å². The van der Waals surface area contributed by atoms with Gasteiger partial charge in [-0.3, -0.25) is 0 Å². The van der Waals surface area contributed by atoms with E-state index in [1.165, 1.54) is 0 Å². The van der Waals surface area contributed by atoms with E-state index in [1.807, 2.05) is 13.0 Å². The van der Waals surface area contributed by atoms with Crippen LogP contribution in [0.25, 0.3) is 0 Å². The summed E-state index contributed by atoms with van der Waals surface area (Å²) in [5, 5.41) is 3.13. The first-order valence-electron chi connectivity index (χ1n) is 4.81. The van der Waals surface area contributed by atoms with Gasteiger partial charge in [0, 0.05) is 18.2 Å². The van der Waals surface area contributed by atoms with Crippen LogP contribution in [0.1, 0.15) is 18.5 Å². The van der Waals surface area contributed by atoms with Gasteiger partial charge < -0.3 is 14.5 Å². The number of alkyl halides is 2. The highest BCUT2D eigenvalue weighted by molar-refractivity contribution is 5.09. The fourth-order valence-corrected chi connectivity index (χ4v) is 1.16. The highest BCUT2D eigenvalue weighted by Gasteiger charge is 2.05. The quantitative estimate of drug-likeness (QED) is 0.714. The minimum atomic E-state index is -2.39. The van der Waals surface area contributed by atoms with E-state index in [9.17, 15) is 8.78 Å². The third-order valence-electron chi connectivity index (χ3n) is 1.98. The largest absolute Gasteiger partial charge is 0.472 e. The van der Waals surface area contributed by atoms with E-state index in [1.54, 1.807) is 12.5 Å². The molecule has 0 saturated carbocycles. The van der Waals surface area contributed by atoms with Crippen molar-refractivity contribution in [2.45, 2.75) is 19.4 Å². The zero-order chi connectivity index (χ0) is 11.1. The Morgan fingerprint density at radius 2 is 2.33 bits per heavy atom. The van der Waals surface area contributed by atoms with Crippen molar-refractivity contribution in [2.75, 3.05) is 19.8 Å². The van der Waals surface area contributed by atoms with Gasteiger partial charge in [0.25, 0.3) is 6.43 Å². The summed E-state index contributed by atoms with van der Waals surface area (Å²) >= 11 is 0. The van der Waals surface area contributed by atoms with E-state index < -0.39 is 13.0 Å². The Hall–Kier alpha value is -0.940. The van der Waals surface area contributed by atoms with Crippen LogP contribution in [0.3, 0.4) is 0 Å². The highest BCUT2D eigenvalue weighted by atomic mass is 19.3. The molecular formula is C10H15F2NO2. The number of furan rings is 1. The second-order valence-corrected chi connectivity index (χ2v) is 3.20. The van der Waals surface area contributed by atoms with Crippen LogP contribution in [-0.2, 0) is 4.74 Å². The zero-order valence-corrected chi connectivity index (χ0v) is 8.58. The fourth-order valence-electron chi connectivity index (χ4n) is 1.16. The van der Waals surface area contributed by atoms with Crippen molar-refractivity contribution in [3.8, 4) is 0 Å². The van der Waals surface area contributed by atoms with Gasteiger partial charge in [-0.2, -0.15) is 0 Å². The lowest BCUT2D eigenvalue weighted by atomic mass is 10.2. The summed E-state index contributed by atoms with van der Waals surface area (Å²) in [6.07, 6.45) is 0.856. The van der Waals surface area contributed by atoms with Gasteiger partial charge in [-0.05, 0) is 13.0 Å². The number of rotatable bonds is 7. The molecule has 0 aliphatic heterocycles. The number of hydrogen-bond acceptors (Lipinski definition) is 3. The molecule has 86 valence electrons. The minimum Gasteiger partial charge on any atom is -0.472 e. The molecule has 1 unspecified atom stereocenters. The average molecular weight is 219 g/mol. The Bertz CT molecular complexity index is 252. The van der Waals surface area contributed by atoms with E-state index in [4.69, 9.17) is 9.15 Å². The van der Waals surface area contributed by atoms with Gasteiger partial charge in [0.2, 0.25) is 0 Å². The lowest BCUT2D eigenvalue weighted by Crippen LogP contribution is -2.23. The molecule has 1 atom stereocenters. The zero-order valence-electron chi connectivity index (χ0n) is 8.58. The maximum Gasteiger partial charge on any atom is 0.261 e. The SMILES string of the molecule is CC(NCCOCC(F)F)c1ccoc1. The standard InChI is InChI=1S/C10H15F2NO2/c1-8(9-2-4-14-6-9)13-3-5-15-7-10(11)12/h2,4,6,8,10,13H,3,5,7H2,1H3. The summed E-state index contributed by atoms with van der Waals surface area (Å²) in [7, 11) is 0. The van der Waals surface area contributed by atoms with Crippen LogP contribution in [0, 0.1) is 0 Å². The molecule has 0 aliphatic carbocycles. The van der Waals surface area contributed by atoms with Gasteiger partial charge in [0.1, 0.15) is 6.61 Å². The predicted octanol–water partition coefficient (Wildman–Crippen LogP) is 2.21. The summed E-state index contributed by atoms with van der Waals surface area (Å²) < 4.78 is 33.0.